The summed E-state index contributed by atoms with van der Waals surface area (Å²) in [6.07, 6.45) is 1.07. The highest BCUT2D eigenvalue weighted by molar-refractivity contribution is 7.99. The van der Waals surface area contributed by atoms with Gasteiger partial charge in [0.2, 0.25) is 0 Å². The number of hydrogen-bond donors (Lipinski definition) is 4. The van der Waals surface area contributed by atoms with Gasteiger partial charge < -0.3 is 30.5 Å². The van der Waals surface area contributed by atoms with Gasteiger partial charge in [-0.15, -0.1) is 16.9 Å². The molecule has 1 aromatic heterocycles. The van der Waals surface area contributed by atoms with Crippen LogP contribution in [0.2, 0.25) is 0 Å². The number of rotatable bonds is 18. The zero-order valence-electron chi connectivity index (χ0n) is 23.7. The molecule has 1 heterocycles. The first-order chi connectivity index (χ1) is 20.1. The Morgan fingerprint density at radius 2 is 1.76 bits per heavy atom. The highest BCUT2D eigenvalue weighted by Gasteiger charge is 2.18. The largest absolute Gasteiger partial charge is 0.395 e. The molecule has 0 radical (unpaired) electrons. The van der Waals surface area contributed by atoms with Gasteiger partial charge in [0.25, 0.3) is 0 Å². The third kappa shape index (κ3) is 10.4. The summed E-state index contributed by atoms with van der Waals surface area (Å²) in [6.45, 7) is 7.76. The van der Waals surface area contributed by atoms with Crippen LogP contribution in [-0.4, -0.2) is 78.5 Å². The minimum Gasteiger partial charge on any atom is -0.395 e. The van der Waals surface area contributed by atoms with Crippen LogP contribution in [0.15, 0.2) is 69.7 Å². The first kappa shape index (κ1) is 32.0. The topological polar surface area (TPSA) is 138 Å². The number of ether oxygens (including phenoxy) is 1. The molecule has 0 unspecified atom stereocenters. The summed E-state index contributed by atoms with van der Waals surface area (Å²) in [5, 5.41) is 43.5. The van der Waals surface area contributed by atoms with Crippen LogP contribution < -0.4 is 10.6 Å². The Bertz CT molecular complexity index is 1260. The van der Waals surface area contributed by atoms with Gasteiger partial charge in [-0.05, 0) is 56.3 Å². The molecule has 10 nitrogen and oxygen atoms in total. The van der Waals surface area contributed by atoms with E-state index in [1.54, 1.807) is 11.8 Å². The Hall–Kier alpha value is -3.53. The molecule has 0 amide bonds. The van der Waals surface area contributed by atoms with E-state index < -0.39 is 0 Å². The number of thioether (sulfide) groups is 1. The maximum Gasteiger partial charge on any atom is 0.161 e. The van der Waals surface area contributed by atoms with E-state index in [2.05, 4.69) is 38.8 Å². The summed E-state index contributed by atoms with van der Waals surface area (Å²) >= 11 is 1.77. The quantitative estimate of drug-likeness (QED) is 0.0859. The SMILES string of the molecule is CCCN(CCO)CCSc1ccc(N=Nc2c(Nc3ccccc3)nc(NCCOCCO)c(C#N)c2C)cc1. The van der Waals surface area contributed by atoms with Gasteiger partial charge in [0.15, 0.2) is 5.82 Å². The van der Waals surface area contributed by atoms with Crippen molar-refractivity contribution in [3.63, 3.8) is 0 Å². The van der Waals surface area contributed by atoms with Crippen LogP contribution in [0.3, 0.4) is 0 Å². The van der Waals surface area contributed by atoms with Crippen molar-refractivity contribution >= 4 is 40.5 Å². The van der Waals surface area contributed by atoms with Crippen molar-refractivity contribution in [3.8, 4) is 6.07 Å². The third-order valence-corrected chi connectivity index (χ3v) is 7.06. The fraction of sp³-hybridized carbons (Fsp3) is 0.400. The van der Waals surface area contributed by atoms with Crippen molar-refractivity contribution < 1.29 is 14.9 Å². The third-order valence-electron chi connectivity index (χ3n) is 6.07. The van der Waals surface area contributed by atoms with Gasteiger partial charge in [-0.1, -0.05) is 25.1 Å². The number of benzene rings is 2. The number of hydrogen-bond acceptors (Lipinski definition) is 11. The fourth-order valence-electron chi connectivity index (χ4n) is 4.04. The molecule has 0 spiro atoms. The predicted octanol–water partition coefficient (Wildman–Crippen LogP) is 5.64. The summed E-state index contributed by atoms with van der Waals surface area (Å²) in [5.41, 5.74) is 3.02. The number of para-hydroxylation sites is 1. The highest BCUT2D eigenvalue weighted by Crippen LogP contribution is 2.36. The molecule has 0 bridgehead atoms. The lowest BCUT2D eigenvalue weighted by atomic mass is 10.1. The lowest BCUT2D eigenvalue weighted by Gasteiger charge is -2.19. The summed E-state index contributed by atoms with van der Waals surface area (Å²) in [6, 6.07) is 19.8. The van der Waals surface area contributed by atoms with Crippen LogP contribution in [0.5, 0.6) is 0 Å². The van der Waals surface area contributed by atoms with Gasteiger partial charge >= 0.3 is 0 Å². The van der Waals surface area contributed by atoms with Crippen LogP contribution in [0.4, 0.5) is 28.7 Å². The second kappa shape index (κ2) is 18.0. The maximum atomic E-state index is 9.92. The number of pyridine rings is 1. The number of azo groups is 1. The summed E-state index contributed by atoms with van der Waals surface area (Å²) in [4.78, 5) is 8.10. The number of aromatic nitrogens is 1. The molecule has 0 aliphatic carbocycles. The van der Waals surface area contributed by atoms with E-state index in [4.69, 9.17) is 14.8 Å². The Balaban J connectivity index is 1.78. The number of anilines is 3. The van der Waals surface area contributed by atoms with Crippen molar-refractivity contribution in [2.75, 3.05) is 69.0 Å². The summed E-state index contributed by atoms with van der Waals surface area (Å²) < 4.78 is 5.32. The summed E-state index contributed by atoms with van der Waals surface area (Å²) in [7, 11) is 0. The highest BCUT2D eigenvalue weighted by atomic mass is 32.2. The Morgan fingerprint density at radius 3 is 2.44 bits per heavy atom. The average molecular weight is 578 g/mol. The molecule has 4 N–H and O–H groups in total. The van der Waals surface area contributed by atoms with E-state index in [1.165, 1.54) is 0 Å². The molecule has 11 heteroatoms. The molecular formula is C30H39N7O3S. The second-order valence-electron chi connectivity index (χ2n) is 9.13. The Labute approximate surface area is 246 Å². The Morgan fingerprint density at radius 1 is 0.976 bits per heavy atom. The van der Waals surface area contributed by atoms with Crippen LogP contribution in [-0.2, 0) is 4.74 Å². The van der Waals surface area contributed by atoms with E-state index in [9.17, 15) is 10.4 Å². The zero-order chi connectivity index (χ0) is 29.3. The zero-order valence-corrected chi connectivity index (χ0v) is 24.5. The molecule has 0 fully saturated rings. The monoisotopic (exact) mass is 577 g/mol. The normalized spacial score (nSPS) is 11.2. The molecule has 0 aliphatic rings. The first-order valence-electron chi connectivity index (χ1n) is 13.8. The van der Waals surface area contributed by atoms with Crippen molar-refractivity contribution in [1.29, 1.82) is 5.26 Å². The van der Waals surface area contributed by atoms with Gasteiger partial charge in [0, 0.05) is 41.5 Å². The van der Waals surface area contributed by atoms with E-state index in [1.807, 2.05) is 61.5 Å². The van der Waals surface area contributed by atoms with Gasteiger partial charge in [-0.2, -0.15) is 10.4 Å². The smallest absolute Gasteiger partial charge is 0.161 e. The lowest BCUT2D eigenvalue weighted by molar-refractivity contribution is 0.0992. The minimum atomic E-state index is -0.0452. The average Bonchev–Trinajstić information content (AvgIpc) is 2.98. The minimum absolute atomic E-state index is 0.0452. The van der Waals surface area contributed by atoms with Gasteiger partial charge in [-0.3, -0.25) is 0 Å². The van der Waals surface area contributed by atoms with Crippen LogP contribution in [0.1, 0.15) is 24.5 Å². The lowest BCUT2D eigenvalue weighted by Crippen LogP contribution is -2.29. The van der Waals surface area contributed by atoms with Crippen molar-refractivity contribution in [2.24, 2.45) is 10.2 Å². The maximum absolute atomic E-state index is 9.92. The number of aliphatic hydroxyl groups excluding tert-OH is 2. The molecular weight excluding hydrogens is 538 g/mol. The van der Waals surface area contributed by atoms with E-state index in [0.717, 1.165) is 35.8 Å². The molecule has 0 aliphatic heterocycles. The standard InChI is InChI=1S/C30H39N7O3S/c1-3-14-37(15-17-38)16-21-41-26-11-9-25(10-12-26)35-36-28-23(2)27(22-31)29(32-13-19-40-20-18-39)34-30(28)33-24-7-5-4-6-8-24/h4-12,38-39H,3,13-21H2,1-2H3,(H2,32,33,34). The molecule has 0 atom stereocenters. The number of nitriles is 1. The number of nitrogens with zero attached hydrogens (tertiary/aromatic N) is 5. The van der Waals surface area contributed by atoms with Gasteiger partial charge in [-0.25, -0.2) is 4.98 Å². The van der Waals surface area contributed by atoms with Crippen molar-refractivity contribution in [2.45, 2.75) is 25.2 Å². The number of aliphatic hydroxyl groups is 2. The fourth-order valence-corrected chi connectivity index (χ4v) is 4.95. The van der Waals surface area contributed by atoms with E-state index >= 15 is 0 Å². The molecule has 0 saturated heterocycles. The molecule has 2 aromatic carbocycles. The first-order valence-corrected chi connectivity index (χ1v) is 14.7. The molecule has 3 aromatic rings. The molecule has 41 heavy (non-hydrogen) atoms. The van der Waals surface area contributed by atoms with Crippen molar-refractivity contribution in [3.05, 3.63) is 65.7 Å². The molecule has 0 saturated carbocycles. The van der Waals surface area contributed by atoms with E-state index in [-0.39, 0.29) is 19.8 Å². The van der Waals surface area contributed by atoms with Crippen molar-refractivity contribution in [1.82, 2.24) is 9.88 Å². The van der Waals surface area contributed by atoms with Gasteiger partial charge in [0.05, 0.1) is 37.7 Å². The van der Waals surface area contributed by atoms with Gasteiger partial charge in [0.1, 0.15) is 17.6 Å². The molecule has 3 rings (SSSR count). The Kier molecular flexibility index (Phi) is 14.1. The number of nitrogens with one attached hydrogen (secondary N) is 2. The van der Waals surface area contributed by atoms with Crippen LogP contribution in [0, 0.1) is 18.3 Å². The van der Waals surface area contributed by atoms with Crippen LogP contribution >= 0.6 is 11.8 Å². The molecule has 218 valence electrons. The van der Waals surface area contributed by atoms with E-state index in [0.29, 0.717) is 53.8 Å². The van der Waals surface area contributed by atoms with Crippen LogP contribution in [0.25, 0.3) is 0 Å². The predicted molar refractivity (Wildman–Crippen MR) is 165 cm³/mol. The summed E-state index contributed by atoms with van der Waals surface area (Å²) in [5.74, 6) is 1.83. The second-order valence-corrected chi connectivity index (χ2v) is 10.3.